The van der Waals surface area contributed by atoms with Gasteiger partial charge in [0.05, 0.1) is 0 Å². The Balaban J connectivity index is 1.84. The number of carbonyl (C=O) groups excluding carboxylic acids is 1. The highest BCUT2D eigenvalue weighted by molar-refractivity contribution is 5.76. The molecule has 23 heavy (non-hydrogen) atoms. The first-order valence-electron chi connectivity index (χ1n) is 8.99. The fourth-order valence-corrected chi connectivity index (χ4v) is 3.40. The van der Waals surface area contributed by atoms with Crippen LogP contribution in [0.15, 0.2) is 24.3 Å². The standard InChI is InChI=1S/C20H32N2O/c1-15-7-9-18(10-8-15)13-17(3)22(4)20(23)12-16(2)19-6-5-11-21-14-19/h7-10,16-17,19,21H,5-6,11-14H2,1-4H3. The van der Waals surface area contributed by atoms with Crippen molar-refractivity contribution in [3.8, 4) is 0 Å². The van der Waals surface area contributed by atoms with E-state index in [1.165, 1.54) is 24.0 Å². The number of benzene rings is 1. The Labute approximate surface area is 141 Å². The van der Waals surface area contributed by atoms with Crippen molar-refractivity contribution in [1.29, 1.82) is 0 Å². The van der Waals surface area contributed by atoms with Crippen LogP contribution in [-0.2, 0) is 11.2 Å². The molecule has 1 saturated heterocycles. The van der Waals surface area contributed by atoms with Crippen LogP contribution in [0.4, 0.5) is 0 Å². The Bertz CT molecular complexity index is 491. The molecular weight excluding hydrogens is 284 g/mol. The molecule has 3 atom stereocenters. The summed E-state index contributed by atoms with van der Waals surface area (Å²) in [6.07, 6.45) is 4.08. The summed E-state index contributed by atoms with van der Waals surface area (Å²) in [6.45, 7) is 8.67. The summed E-state index contributed by atoms with van der Waals surface area (Å²) in [7, 11) is 1.95. The Morgan fingerprint density at radius 3 is 2.61 bits per heavy atom. The van der Waals surface area contributed by atoms with Crippen LogP contribution >= 0.6 is 0 Å². The second-order valence-corrected chi connectivity index (χ2v) is 7.33. The van der Waals surface area contributed by atoms with E-state index in [1.54, 1.807) is 0 Å². The van der Waals surface area contributed by atoms with E-state index in [0.29, 0.717) is 18.3 Å². The molecule has 128 valence electrons. The minimum atomic E-state index is 0.238. The maximum Gasteiger partial charge on any atom is 0.222 e. The molecule has 0 aliphatic carbocycles. The number of rotatable bonds is 6. The molecule has 0 bridgehead atoms. The van der Waals surface area contributed by atoms with Gasteiger partial charge in [-0.05, 0) is 63.6 Å². The van der Waals surface area contributed by atoms with E-state index < -0.39 is 0 Å². The first-order valence-corrected chi connectivity index (χ1v) is 8.99. The number of carbonyl (C=O) groups is 1. The van der Waals surface area contributed by atoms with Crippen LogP contribution in [0.5, 0.6) is 0 Å². The summed E-state index contributed by atoms with van der Waals surface area (Å²) in [6, 6.07) is 8.85. The number of hydrogen-bond acceptors (Lipinski definition) is 2. The van der Waals surface area contributed by atoms with E-state index in [0.717, 1.165) is 19.5 Å². The quantitative estimate of drug-likeness (QED) is 0.872. The van der Waals surface area contributed by atoms with Gasteiger partial charge >= 0.3 is 0 Å². The molecule has 3 heteroatoms. The van der Waals surface area contributed by atoms with Crippen LogP contribution in [0.1, 0.15) is 44.2 Å². The lowest BCUT2D eigenvalue weighted by Gasteiger charge is -2.31. The van der Waals surface area contributed by atoms with E-state index in [9.17, 15) is 4.79 Å². The van der Waals surface area contributed by atoms with Gasteiger partial charge in [-0.3, -0.25) is 4.79 Å². The molecule has 3 unspecified atom stereocenters. The van der Waals surface area contributed by atoms with Gasteiger partial charge in [0, 0.05) is 19.5 Å². The van der Waals surface area contributed by atoms with Gasteiger partial charge in [0.1, 0.15) is 0 Å². The summed E-state index contributed by atoms with van der Waals surface area (Å²) in [5, 5.41) is 3.45. The Morgan fingerprint density at radius 2 is 2.00 bits per heavy atom. The molecular formula is C20H32N2O. The molecule has 0 spiro atoms. The third-order valence-electron chi connectivity index (χ3n) is 5.34. The van der Waals surface area contributed by atoms with E-state index in [1.807, 2.05) is 11.9 Å². The fraction of sp³-hybridized carbons (Fsp3) is 0.650. The molecule has 0 saturated carbocycles. The molecule has 0 radical (unpaired) electrons. The molecule has 1 fully saturated rings. The van der Waals surface area contributed by atoms with Crippen molar-refractivity contribution in [1.82, 2.24) is 10.2 Å². The molecule has 1 heterocycles. The molecule has 0 aromatic heterocycles. The highest BCUT2D eigenvalue weighted by Crippen LogP contribution is 2.23. The van der Waals surface area contributed by atoms with E-state index in [4.69, 9.17) is 0 Å². The molecule has 1 aliphatic heterocycles. The van der Waals surface area contributed by atoms with Crippen LogP contribution in [0.3, 0.4) is 0 Å². The zero-order valence-electron chi connectivity index (χ0n) is 15.1. The van der Waals surface area contributed by atoms with Crippen LogP contribution in [0.25, 0.3) is 0 Å². The molecule has 1 amide bonds. The second kappa shape index (κ2) is 8.49. The van der Waals surface area contributed by atoms with E-state index in [2.05, 4.69) is 50.4 Å². The monoisotopic (exact) mass is 316 g/mol. The Morgan fingerprint density at radius 1 is 1.30 bits per heavy atom. The summed E-state index contributed by atoms with van der Waals surface area (Å²) in [5.41, 5.74) is 2.58. The minimum absolute atomic E-state index is 0.238. The summed E-state index contributed by atoms with van der Waals surface area (Å²) in [5.74, 6) is 1.39. The van der Waals surface area contributed by atoms with Gasteiger partial charge in [-0.1, -0.05) is 36.8 Å². The van der Waals surface area contributed by atoms with Crippen LogP contribution in [0.2, 0.25) is 0 Å². The Kier molecular flexibility index (Phi) is 6.64. The Hall–Kier alpha value is -1.35. The van der Waals surface area contributed by atoms with Crippen LogP contribution < -0.4 is 5.32 Å². The highest BCUT2D eigenvalue weighted by atomic mass is 16.2. The smallest absolute Gasteiger partial charge is 0.222 e. The van der Waals surface area contributed by atoms with Crippen LogP contribution in [0, 0.1) is 18.8 Å². The molecule has 1 aromatic rings. The van der Waals surface area contributed by atoms with Crippen LogP contribution in [-0.4, -0.2) is 37.0 Å². The number of nitrogens with zero attached hydrogens (tertiary/aromatic N) is 1. The first kappa shape index (κ1) is 18.0. The molecule has 3 nitrogen and oxygen atoms in total. The first-order chi connectivity index (χ1) is 11.0. The number of amides is 1. The van der Waals surface area contributed by atoms with Gasteiger partial charge < -0.3 is 10.2 Å². The maximum absolute atomic E-state index is 12.6. The average molecular weight is 316 g/mol. The van der Waals surface area contributed by atoms with Crippen molar-refractivity contribution < 1.29 is 4.79 Å². The van der Waals surface area contributed by atoms with Gasteiger partial charge in [0.25, 0.3) is 0 Å². The molecule has 2 rings (SSSR count). The topological polar surface area (TPSA) is 32.3 Å². The summed E-state index contributed by atoms with van der Waals surface area (Å²) < 4.78 is 0. The van der Waals surface area contributed by atoms with Gasteiger partial charge in [-0.25, -0.2) is 0 Å². The van der Waals surface area contributed by atoms with Crippen molar-refractivity contribution in [3.63, 3.8) is 0 Å². The lowest BCUT2D eigenvalue weighted by atomic mass is 9.85. The van der Waals surface area contributed by atoms with Gasteiger partial charge in [0.2, 0.25) is 5.91 Å². The summed E-state index contributed by atoms with van der Waals surface area (Å²) >= 11 is 0. The SMILES string of the molecule is Cc1ccc(CC(C)N(C)C(=O)CC(C)C2CCCNC2)cc1. The van der Waals surface area contributed by atoms with Crippen molar-refractivity contribution in [2.45, 2.75) is 52.5 Å². The molecule has 1 aliphatic rings. The minimum Gasteiger partial charge on any atom is -0.343 e. The normalized spacial score (nSPS) is 20.8. The van der Waals surface area contributed by atoms with Crippen molar-refractivity contribution in [2.24, 2.45) is 11.8 Å². The zero-order chi connectivity index (χ0) is 16.8. The number of hydrogen-bond donors (Lipinski definition) is 1. The predicted molar refractivity (Wildman–Crippen MR) is 96.5 cm³/mol. The lowest BCUT2D eigenvalue weighted by molar-refractivity contribution is -0.133. The van der Waals surface area contributed by atoms with Crippen molar-refractivity contribution in [3.05, 3.63) is 35.4 Å². The van der Waals surface area contributed by atoms with Gasteiger partial charge in [-0.15, -0.1) is 0 Å². The molecule has 1 N–H and O–H groups in total. The lowest BCUT2D eigenvalue weighted by Crippen LogP contribution is -2.39. The summed E-state index contributed by atoms with van der Waals surface area (Å²) in [4.78, 5) is 14.5. The zero-order valence-corrected chi connectivity index (χ0v) is 15.1. The van der Waals surface area contributed by atoms with Crippen molar-refractivity contribution in [2.75, 3.05) is 20.1 Å². The van der Waals surface area contributed by atoms with Gasteiger partial charge in [-0.2, -0.15) is 0 Å². The predicted octanol–water partition coefficient (Wildman–Crippen LogP) is 3.41. The third kappa shape index (κ3) is 5.35. The fourth-order valence-electron chi connectivity index (χ4n) is 3.40. The van der Waals surface area contributed by atoms with E-state index >= 15 is 0 Å². The third-order valence-corrected chi connectivity index (χ3v) is 5.34. The number of aryl methyl sites for hydroxylation is 1. The number of likely N-dealkylation sites (N-methyl/N-ethyl adjacent to an activating group) is 1. The largest absolute Gasteiger partial charge is 0.343 e. The number of nitrogens with one attached hydrogen (secondary N) is 1. The van der Waals surface area contributed by atoms with Crippen molar-refractivity contribution >= 4 is 5.91 Å². The maximum atomic E-state index is 12.6. The van der Waals surface area contributed by atoms with E-state index in [-0.39, 0.29) is 11.9 Å². The average Bonchev–Trinajstić information content (AvgIpc) is 2.56. The highest BCUT2D eigenvalue weighted by Gasteiger charge is 2.24. The second-order valence-electron chi connectivity index (χ2n) is 7.33. The molecule has 1 aromatic carbocycles. The number of piperidine rings is 1. The van der Waals surface area contributed by atoms with Gasteiger partial charge in [0.15, 0.2) is 0 Å².